The maximum Gasteiger partial charge on any atom is 0.238 e. The van der Waals surface area contributed by atoms with Crippen LogP contribution in [0.5, 0.6) is 11.5 Å². The van der Waals surface area contributed by atoms with Crippen molar-refractivity contribution in [3.63, 3.8) is 0 Å². The van der Waals surface area contributed by atoms with Gasteiger partial charge < -0.3 is 14.8 Å². The van der Waals surface area contributed by atoms with Crippen LogP contribution in [0.25, 0.3) is 0 Å². The van der Waals surface area contributed by atoms with Crippen LogP contribution in [0.4, 0.5) is 0 Å². The molecule has 2 aromatic carbocycles. The van der Waals surface area contributed by atoms with Gasteiger partial charge in [-0.05, 0) is 64.3 Å². The first-order valence-electron chi connectivity index (χ1n) is 8.27. The van der Waals surface area contributed by atoms with Crippen molar-refractivity contribution in [1.29, 1.82) is 0 Å². The van der Waals surface area contributed by atoms with Gasteiger partial charge in [0.15, 0.2) is 11.5 Å². The van der Waals surface area contributed by atoms with E-state index in [0.717, 1.165) is 28.6 Å². The lowest BCUT2D eigenvalue weighted by Crippen LogP contribution is -2.17. The van der Waals surface area contributed by atoms with Crippen LogP contribution in [0.1, 0.15) is 11.1 Å². The fourth-order valence-corrected chi connectivity index (χ4v) is 3.59. The Morgan fingerprint density at radius 2 is 1.93 bits per heavy atom. The van der Waals surface area contributed by atoms with E-state index in [9.17, 15) is 8.42 Å². The Labute approximate surface area is 168 Å². The lowest BCUT2D eigenvalue weighted by molar-refractivity contribution is 0.324. The lowest BCUT2D eigenvalue weighted by atomic mass is 10.1. The molecule has 146 valence electrons. The third-order valence-electron chi connectivity index (χ3n) is 3.81. The number of nitrogens with one attached hydrogen (secondary N) is 1. The van der Waals surface area contributed by atoms with Crippen molar-refractivity contribution in [3.8, 4) is 11.5 Å². The Bertz CT molecular complexity index is 883. The first kappa shape index (κ1) is 21.4. The molecule has 0 aliphatic rings. The van der Waals surface area contributed by atoms with Crippen LogP contribution in [0.2, 0.25) is 0 Å². The summed E-state index contributed by atoms with van der Waals surface area (Å²) in [5.74, 6) is 1.30. The van der Waals surface area contributed by atoms with Gasteiger partial charge in [-0.2, -0.15) is 0 Å². The monoisotopic (exact) mass is 454 g/mol. The summed E-state index contributed by atoms with van der Waals surface area (Å²) in [5.41, 5.74) is 2.08. The second kappa shape index (κ2) is 9.89. The molecular formula is C19H23BrN2O4S. The Balaban J connectivity index is 1.91. The smallest absolute Gasteiger partial charge is 0.238 e. The molecule has 0 aromatic heterocycles. The Hall–Kier alpha value is -1.87. The quantitative estimate of drug-likeness (QED) is 0.425. The molecule has 0 spiro atoms. The molecule has 3 N–H and O–H groups in total. The predicted octanol–water partition coefficient (Wildman–Crippen LogP) is 3.00. The standard InChI is InChI=1S/C19H23BrN2O4S/c1-3-10-26-19-17(20)11-15(12-18(19)25-2)13-22-9-8-14-4-6-16(7-5-14)27(21,23)24/h3-7,11-12,22H,1,8-10,13H2,2H3,(H2,21,23,24). The number of rotatable bonds is 10. The molecule has 0 saturated heterocycles. The average molecular weight is 455 g/mol. The zero-order valence-corrected chi connectivity index (χ0v) is 17.5. The van der Waals surface area contributed by atoms with Gasteiger partial charge in [-0.1, -0.05) is 24.8 Å². The molecule has 0 atom stereocenters. The summed E-state index contributed by atoms with van der Waals surface area (Å²) in [6, 6.07) is 10.5. The van der Waals surface area contributed by atoms with Crippen LogP contribution in [-0.4, -0.2) is 28.7 Å². The fraction of sp³-hybridized carbons (Fsp3) is 0.263. The number of primary sulfonamides is 1. The summed E-state index contributed by atoms with van der Waals surface area (Å²) in [7, 11) is -2.05. The fourth-order valence-electron chi connectivity index (χ4n) is 2.47. The van der Waals surface area contributed by atoms with Crippen molar-refractivity contribution in [2.24, 2.45) is 5.14 Å². The number of nitrogens with two attached hydrogens (primary N) is 1. The van der Waals surface area contributed by atoms with Crippen molar-refractivity contribution in [2.45, 2.75) is 17.9 Å². The van der Waals surface area contributed by atoms with E-state index in [1.165, 1.54) is 12.1 Å². The van der Waals surface area contributed by atoms with E-state index in [0.29, 0.717) is 24.7 Å². The summed E-state index contributed by atoms with van der Waals surface area (Å²) >= 11 is 3.51. The third kappa shape index (κ3) is 6.35. The SMILES string of the molecule is C=CCOc1c(Br)cc(CNCCc2ccc(S(N)(=O)=O)cc2)cc1OC. The number of benzene rings is 2. The normalized spacial score (nSPS) is 11.2. The average Bonchev–Trinajstić information content (AvgIpc) is 2.63. The summed E-state index contributed by atoms with van der Waals surface area (Å²) in [6.07, 6.45) is 2.45. The zero-order chi connectivity index (χ0) is 19.9. The summed E-state index contributed by atoms with van der Waals surface area (Å²) in [6.45, 7) is 5.44. The van der Waals surface area contributed by atoms with E-state index in [-0.39, 0.29) is 4.90 Å². The van der Waals surface area contributed by atoms with Crippen LogP contribution in [-0.2, 0) is 23.0 Å². The van der Waals surface area contributed by atoms with Crippen LogP contribution in [0, 0.1) is 0 Å². The highest BCUT2D eigenvalue weighted by Crippen LogP contribution is 2.36. The molecule has 2 rings (SSSR count). The highest BCUT2D eigenvalue weighted by molar-refractivity contribution is 9.10. The van der Waals surface area contributed by atoms with Gasteiger partial charge in [0, 0.05) is 6.54 Å². The highest BCUT2D eigenvalue weighted by atomic mass is 79.9. The van der Waals surface area contributed by atoms with E-state index in [1.807, 2.05) is 12.1 Å². The van der Waals surface area contributed by atoms with Crippen molar-refractivity contribution in [3.05, 3.63) is 64.7 Å². The van der Waals surface area contributed by atoms with Crippen LogP contribution in [0.15, 0.2) is 58.4 Å². The maximum absolute atomic E-state index is 11.3. The first-order valence-corrected chi connectivity index (χ1v) is 10.6. The van der Waals surface area contributed by atoms with Crippen molar-refractivity contribution >= 4 is 26.0 Å². The molecule has 0 saturated carbocycles. The molecule has 27 heavy (non-hydrogen) atoms. The molecule has 0 bridgehead atoms. The number of sulfonamides is 1. The number of ether oxygens (including phenoxy) is 2. The Morgan fingerprint density at radius 3 is 2.52 bits per heavy atom. The van der Waals surface area contributed by atoms with Crippen molar-refractivity contribution in [1.82, 2.24) is 5.32 Å². The molecule has 0 aliphatic carbocycles. The van der Waals surface area contributed by atoms with Gasteiger partial charge in [0.05, 0.1) is 16.5 Å². The molecule has 0 unspecified atom stereocenters. The van der Waals surface area contributed by atoms with E-state index in [1.54, 1.807) is 25.3 Å². The summed E-state index contributed by atoms with van der Waals surface area (Å²) in [5, 5.41) is 8.46. The zero-order valence-electron chi connectivity index (χ0n) is 15.1. The van der Waals surface area contributed by atoms with Crippen molar-refractivity contribution in [2.75, 3.05) is 20.3 Å². The van der Waals surface area contributed by atoms with Gasteiger partial charge in [0.25, 0.3) is 0 Å². The molecular weight excluding hydrogens is 432 g/mol. The van der Waals surface area contributed by atoms with E-state index in [4.69, 9.17) is 14.6 Å². The molecule has 0 radical (unpaired) electrons. The van der Waals surface area contributed by atoms with Gasteiger partial charge in [-0.3, -0.25) is 0 Å². The van der Waals surface area contributed by atoms with Crippen LogP contribution < -0.4 is 19.9 Å². The molecule has 2 aromatic rings. The predicted molar refractivity (Wildman–Crippen MR) is 110 cm³/mol. The minimum absolute atomic E-state index is 0.120. The van der Waals surface area contributed by atoms with E-state index in [2.05, 4.69) is 27.8 Å². The van der Waals surface area contributed by atoms with Crippen molar-refractivity contribution < 1.29 is 17.9 Å². The number of halogens is 1. The number of hydrogen-bond donors (Lipinski definition) is 2. The van der Waals surface area contributed by atoms with Gasteiger partial charge in [0.2, 0.25) is 10.0 Å². The van der Waals surface area contributed by atoms with E-state index >= 15 is 0 Å². The molecule has 8 heteroatoms. The third-order valence-corrected chi connectivity index (χ3v) is 5.32. The molecule has 6 nitrogen and oxygen atoms in total. The summed E-state index contributed by atoms with van der Waals surface area (Å²) in [4.78, 5) is 0.120. The largest absolute Gasteiger partial charge is 0.493 e. The lowest BCUT2D eigenvalue weighted by Gasteiger charge is -2.14. The molecule has 0 heterocycles. The maximum atomic E-state index is 11.3. The van der Waals surface area contributed by atoms with Crippen LogP contribution >= 0.6 is 15.9 Å². The molecule has 0 aliphatic heterocycles. The van der Waals surface area contributed by atoms with Gasteiger partial charge in [-0.25, -0.2) is 13.6 Å². The number of hydrogen-bond acceptors (Lipinski definition) is 5. The summed E-state index contributed by atoms with van der Waals surface area (Å²) < 4.78 is 34.4. The highest BCUT2D eigenvalue weighted by Gasteiger charge is 2.11. The first-order chi connectivity index (χ1) is 12.8. The second-order valence-electron chi connectivity index (χ2n) is 5.82. The van der Waals surface area contributed by atoms with E-state index < -0.39 is 10.0 Å². The van der Waals surface area contributed by atoms with Gasteiger partial charge in [-0.15, -0.1) is 0 Å². The van der Waals surface area contributed by atoms with Gasteiger partial charge in [0.1, 0.15) is 6.61 Å². The minimum Gasteiger partial charge on any atom is -0.493 e. The number of methoxy groups -OCH3 is 1. The Kier molecular flexibility index (Phi) is 7.85. The minimum atomic E-state index is -3.65. The molecule has 0 fully saturated rings. The van der Waals surface area contributed by atoms with Crippen LogP contribution in [0.3, 0.4) is 0 Å². The molecule has 0 amide bonds. The Morgan fingerprint density at radius 1 is 1.22 bits per heavy atom. The topological polar surface area (TPSA) is 90.6 Å². The second-order valence-corrected chi connectivity index (χ2v) is 8.24. The van der Waals surface area contributed by atoms with Gasteiger partial charge >= 0.3 is 0 Å².